The van der Waals surface area contributed by atoms with Crippen LogP contribution < -0.4 is 10.2 Å². The summed E-state index contributed by atoms with van der Waals surface area (Å²) in [5.74, 6) is 0.717. The average Bonchev–Trinajstić information content (AvgIpc) is 2.78. The Hall–Kier alpha value is -2.36. The predicted molar refractivity (Wildman–Crippen MR) is 140 cm³/mol. The van der Waals surface area contributed by atoms with Gasteiger partial charge >= 0.3 is 0 Å². The minimum absolute atomic E-state index is 0. The van der Waals surface area contributed by atoms with Gasteiger partial charge in [0.15, 0.2) is 5.96 Å². The number of para-hydroxylation sites is 1. The van der Waals surface area contributed by atoms with E-state index in [0.29, 0.717) is 17.8 Å². The predicted octanol–water partition coefficient (Wildman–Crippen LogP) is 3.48. The van der Waals surface area contributed by atoms with Gasteiger partial charge in [-0.1, -0.05) is 24.3 Å². The van der Waals surface area contributed by atoms with Gasteiger partial charge in [-0.3, -0.25) is 9.79 Å². The van der Waals surface area contributed by atoms with Crippen molar-refractivity contribution in [3.8, 4) is 0 Å². The average molecular weight is 553 g/mol. The van der Waals surface area contributed by atoms with Crippen molar-refractivity contribution < 1.29 is 9.18 Å². The van der Waals surface area contributed by atoms with Crippen molar-refractivity contribution in [2.75, 3.05) is 58.3 Å². The largest absolute Gasteiger partial charge is 0.366 e. The molecule has 3 rings (SSSR count). The highest BCUT2D eigenvalue weighted by molar-refractivity contribution is 14.0. The van der Waals surface area contributed by atoms with E-state index in [0.717, 1.165) is 50.7 Å². The van der Waals surface area contributed by atoms with Crippen molar-refractivity contribution in [3.63, 3.8) is 0 Å². The Bertz CT molecular complexity index is 913. The molecule has 6 nitrogen and oxygen atoms in total. The van der Waals surface area contributed by atoms with Crippen LogP contribution in [-0.4, -0.2) is 75.0 Å². The zero-order valence-electron chi connectivity index (χ0n) is 19.1. The first-order valence-corrected chi connectivity index (χ1v) is 10.8. The molecule has 2 aromatic rings. The van der Waals surface area contributed by atoms with Gasteiger partial charge in [-0.2, -0.15) is 0 Å². The number of nitrogens with one attached hydrogen (secondary N) is 1. The summed E-state index contributed by atoms with van der Waals surface area (Å²) < 4.78 is 14.1. The summed E-state index contributed by atoms with van der Waals surface area (Å²) in [7, 11) is 3.52. The highest BCUT2D eigenvalue weighted by atomic mass is 127. The Kier molecular flexibility index (Phi) is 10.2. The van der Waals surface area contributed by atoms with Crippen LogP contribution in [0.2, 0.25) is 0 Å². The molecule has 0 radical (unpaired) electrons. The maximum Gasteiger partial charge on any atom is 0.253 e. The lowest BCUT2D eigenvalue weighted by molar-refractivity contribution is 0.0827. The second kappa shape index (κ2) is 12.6. The quantitative estimate of drug-likeness (QED) is 0.338. The normalized spacial score (nSPS) is 14.1. The summed E-state index contributed by atoms with van der Waals surface area (Å²) in [6, 6.07) is 14.7. The molecule has 32 heavy (non-hydrogen) atoms. The highest BCUT2D eigenvalue weighted by Gasteiger charge is 2.21. The smallest absolute Gasteiger partial charge is 0.253 e. The summed E-state index contributed by atoms with van der Waals surface area (Å²) in [5.41, 5.74) is 2.45. The number of benzene rings is 2. The van der Waals surface area contributed by atoms with Crippen molar-refractivity contribution >= 4 is 41.5 Å². The SMILES string of the molecule is CCNC(=NCCc1cccc(C(=O)N(C)C)c1)N1CCN(c2ccccc2F)CC1.I. The van der Waals surface area contributed by atoms with Crippen LogP contribution >= 0.6 is 24.0 Å². The second-order valence-corrected chi connectivity index (χ2v) is 7.81. The Morgan fingerprint density at radius 2 is 1.81 bits per heavy atom. The van der Waals surface area contributed by atoms with Gasteiger partial charge < -0.3 is 20.0 Å². The lowest BCUT2D eigenvalue weighted by Crippen LogP contribution is -2.52. The van der Waals surface area contributed by atoms with E-state index < -0.39 is 0 Å². The van der Waals surface area contributed by atoms with E-state index in [1.54, 1.807) is 25.1 Å². The van der Waals surface area contributed by atoms with Crippen molar-refractivity contribution in [2.45, 2.75) is 13.3 Å². The van der Waals surface area contributed by atoms with Crippen LogP contribution in [0.25, 0.3) is 0 Å². The fourth-order valence-electron chi connectivity index (χ4n) is 3.70. The third-order valence-corrected chi connectivity index (χ3v) is 5.35. The first kappa shape index (κ1) is 25.9. The molecule has 1 saturated heterocycles. The van der Waals surface area contributed by atoms with E-state index in [1.165, 1.54) is 6.07 Å². The Labute approximate surface area is 207 Å². The summed E-state index contributed by atoms with van der Waals surface area (Å²) in [4.78, 5) is 22.9. The number of aliphatic imine (C=N–C) groups is 1. The standard InChI is InChI=1S/C24H32FN5O.HI/c1-4-26-24(27-13-12-19-8-7-9-20(18-19)23(31)28(2)3)30-16-14-29(15-17-30)22-11-6-5-10-21(22)25;/h5-11,18H,4,12-17H2,1-3H3,(H,26,27);1H. The molecule has 2 aromatic carbocycles. The van der Waals surface area contributed by atoms with E-state index in [1.807, 2.05) is 36.4 Å². The lowest BCUT2D eigenvalue weighted by atomic mass is 10.1. The maximum atomic E-state index is 14.1. The van der Waals surface area contributed by atoms with E-state index in [4.69, 9.17) is 4.99 Å². The van der Waals surface area contributed by atoms with Gasteiger partial charge in [0.25, 0.3) is 5.91 Å². The number of amides is 1. The molecule has 0 spiro atoms. The number of halogens is 2. The maximum absolute atomic E-state index is 14.1. The summed E-state index contributed by atoms with van der Waals surface area (Å²) in [5, 5.41) is 3.37. The molecule has 0 atom stereocenters. The minimum Gasteiger partial charge on any atom is -0.366 e. The van der Waals surface area contributed by atoms with Gasteiger partial charge in [0.2, 0.25) is 0 Å². The van der Waals surface area contributed by atoms with Crippen molar-refractivity contribution in [3.05, 3.63) is 65.5 Å². The van der Waals surface area contributed by atoms with Crippen LogP contribution in [0.3, 0.4) is 0 Å². The second-order valence-electron chi connectivity index (χ2n) is 7.81. The monoisotopic (exact) mass is 553 g/mol. The third-order valence-electron chi connectivity index (χ3n) is 5.35. The molecule has 1 aliphatic rings. The number of piperazine rings is 1. The molecule has 0 aliphatic carbocycles. The summed E-state index contributed by atoms with van der Waals surface area (Å²) in [6.07, 6.45) is 0.763. The van der Waals surface area contributed by atoms with Crippen LogP contribution in [0, 0.1) is 5.82 Å². The first-order valence-electron chi connectivity index (χ1n) is 10.8. The summed E-state index contributed by atoms with van der Waals surface area (Å²) >= 11 is 0. The number of anilines is 1. The molecule has 8 heteroatoms. The fraction of sp³-hybridized carbons (Fsp3) is 0.417. The highest BCUT2D eigenvalue weighted by Crippen LogP contribution is 2.20. The van der Waals surface area contributed by atoms with Gasteiger partial charge in [-0.25, -0.2) is 4.39 Å². The van der Waals surface area contributed by atoms with Gasteiger partial charge in [0.1, 0.15) is 5.82 Å². The molecular formula is C24H33FIN5O. The fourth-order valence-corrected chi connectivity index (χ4v) is 3.70. The van der Waals surface area contributed by atoms with Gasteiger partial charge in [0, 0.05) is 58.9 Å². The van der Waals surface area contributed by atoms with Crippen molar-refractivity contribution in [1.82, 2.24) is 15.1 Å². The van der Waals surface area contributed by atoms with Gasteiger partial charge in [-0.05, 0) is 43.2 Å². The number of carbonyl (C=O) groups is 1. The molecule has 1 N–H and O–H groups in total. The van der Waals surface area contributed by atoms with Gasteiger partial charge in [0.05, 0.1) is 5.69 Å². The number of nitrogens with zero attached hydrogens (tertiary/aromatic N) is 4. The molecule has 1 heterocycles. The number of hydrogen-bond acceptors (Lipinski definition) is 3. The Morgan fingerprint density at radius 3 is 2.47 bits per heavy atom. The van der Waals surface area contributed by atoms with Crippen LogP contribution in [0.5, 0.6) is 0 Å². The molecule has 0 aromatic heterocycles. The Balaban J connectivity index is 0.00000363. The van der Waals surface area contributed by atoms with Crippen LogP contribution in [0.15, 0.2) is 53.5 Å². The Morgan fingerprint density at radius 1 is 1.09 bits per heavy atom. The van der Waals surface area contributed by atoms with Crippen LogP contribution in [0.1, 0.15) is 22.8 Å². The number of rotatable bonds is 6. The molecule has 1 amide bonds. The molecule has 1 aliphatic heterocycles. The molecule has 174 valence electrons. The first-order chi connectivity index (χ1) is 15.0. The van der Waals surface area contributed by atoms with Crippen molar-refractivity contribution in [1.29, 1.82) is 0 Å². The van der Waals surface area contributed by atoms with E-state index >= 15 is 0 Å². The van der Waals surface area contributed by atoms with Gasteiger partial charge in [-0.15, -0.1) is 24.0 Å². The van der Waals surface area contributed by atoms with Crippen LogP contribution in [0.4, 0.5) is 10.1 Å². The molecule has 0 saturated carbocycles. The number of guanidine groups is 1. The summed E-state index contributed by atoms with van der Waals surface area (Å²) in [6.45, 7) is 6.55. The zero-order chi connectivity index (χ0) is 22.2. The number of hydrogen-bond donors (Lipinski definition) is 1. The third kappa shape index (κ3) is 6.82. The minimum atomic E-state index is -0.175. The van der Waals surface area contributed by atoms with E-state index in [-0.39, 0.29) is 35.7 Å². The van der Waals surface area contributed by atoms with E-state index in [2.05, 4.69) is 22.0 Å². The molecule has 1 fully saturated rings. The molecule has 0 unspecified atom stereocenters. The van der Waals surface area contributed by atoms with E-state index in [9.17, 15) is 9.18 Å². The zero-order valence-corrected chi connectivity index (χ0v) is 21.4. The number of carbonyl (C=O) groups excluding carboxylic acids is 1. The lowest BCUT2D eigenvalue weighted by Gasteiger charge is -2.37. The molecular weight excluding hydrogens is 520 g/mol. The van der Waals surface area contributed by atoms with Crippen molar-refractivity contribution in [2.24, 2.45) is 4.99 Å². The van der Waals surface area contributed by atoms with Crippen LogP contribution in [-0.2, 0) is 6.42 Å². The topological polar surface area (TPSA) is 51.2 Å². The molecule has 0 bridgehead atoms.